The molecular weight excluding hydrogens is 468 g/mol. The van der Waals surface area contributed by atoms with E-state index in [1.54, 1.807) is 23.1 Å². The Morgan fingerprint density at radius 1 is 1.11 bits per heavy atom. The van der Waals surface area contributed by atoms with Crippen molar-refractivity contribution in [2.45, 2.75) is 59.1 Å². The molecule has 0 aromatic heterocycles. The second-order valence-electron chi connectivity index (χ2n) is 9.91. The number of benzene rings is 2. The van der Waals surface area contributed by atoms with Crippen LogP contribution in [0.4, 0.5) is 0 Å². The number of hydrogen-bond acceptors (Lipinski definition) is 5. The van der Waals surface area contributed by atoms with Gasteiger partial charge in [-0.15, -0.1) is 0 Å². The van der Waals surface area contributed by atoms with Crippen LogP contribution in [-0.2, 0) is 16.0 Å². The van der Waals surface area contributed by atoms with Gasteiger partial charge in [-0.2, -0.15) is 0 Å². The summed E-state index contributed by atoms with van der Waals surface area (Å²) < 4.78 is 11.5. The fourth-order valence-corrected chi connectivity index (χ4v) is 5.24. The lowest BCUT2D eigenvalue weighted by Gasteiger charge is -2.28. The second kappa shape index (κ2) is 11.8. The van der Waals surface area contributed by atoms with E-state index >= 15 is 0 Å². The third-order valence-electron chi connectivity index (χ3n) is 7.29. The van der Waals surface area contributed by atoms with E-state index in [2.05, 4.69) is 13.8 Å². The van der Waals surface area contributed by atoms with Crippen LogP contribution in [0.2, 0.25) is 0 Å². The summed E-state index contributed by atoms with van der Waals surface area (Å²) >= 11 is 0. The highest BCUT2D eigenvalue weighted by molar-refractivity contribution is 6.46. The topological polar surface area (TPSA) is 83.3 Å². The molecule has 198 valence electrons. The largest absolute Gasteiger partial charge is 0.872 e. The van der Waals surface area contributed by atoms with Crippen LogP contribution in [0.25, 0.3) is 5.76 Å². The first-order valence-electron chi connectivity index (χ1n) is 13.5. The predicted octanol–water partition coefficient (Wildman–Crippen LogP) is 2.34. The number of Topliss-reactive ketones (excluding diaryl/α,β-unsaturated/α-hetero) is 1. The lowest BCUT2D eigenvalue weighted by molar-refractivity contribution is -0.896. The smallest absolute Gasteiger partial charge is 0.295 e. The number of nitrogens with one attached hydrogen (secondary N) is 1. The number of fused-ring (bicyclic) bond motifs is 1. The summed E-state index contributed by atoms with van der Waals surface area (Å²) in [4.78, 5) is 29.6. The molecule has 1 amide bonds. The molecule has 7 nitrogen and oxygen atoms in total. The Kier molecular flexibility index (Phi) is 8.54. The highest BCUT2D eigenvalue weighted by Gasteiger charge is 2.44. The molecular formula is C30H38N2O5. The fraction of sp³-hybridized carbons (Fsp3) is 0.467. The number of ketones is 1. The monoisotopic (exact) mass is 506 g/mol. The molecule has 0 aliphatic carbocycles. The first-order chi connectivity index (χ1) is 17.9. The average molecular weight is 507 g/mol. The molecule has 0 bridgehead atoms. The van der Waals surface area contributed by atoms with Gasteiger partial charge >= 0.3 is 0 Å². The summed E-state index contributed by atoms with van der Waals surface area (Å²) in [5.74, 6) is -0.219. The summed E-state index contributed by atoms with van der Waals surface area (Å²) in [5.41, 5.74) is 2.12. The Balaban J connectivity index is 1.71. The third-order valence-corrected chi connectivity index (χ3v) is 7.29. The summed E-state index contributed by atoms with van der Waals surface area (Å²) in [6, 6.07) is 12.0. The van der Waals surface area contributed by atoms with Gasteiger partial charge in [0.25, 0.3) is 5.91 Å². The molecule has 4 rings (SSSR count). The molecule has 2 aliphatic rings. The molecule has 2 aromatic carbocycles. The zero-order chi connectivity index (χ0) is 26.5. The van der Waals surface area contributed by atoms with Crippen molar-refractivity contribution in [3.05, 3.63) is 64.7 Å². The molecule has 2 aliphatic heterocycles. The summed E-state index contributed by atoms with van der Waals surface area (Å²) in [5, 5.41) is 13.8. The van der Waals surface area contributed by atoms with Crippen molar-refractivity contribution in [1.29, 1.82) is 0 Å². The van der Waals surface area contributed by atoms with Crippen LogP contribution < -0.4 is 19.5 Å². The van der Waals surface area contributed by atoms with E-state index in [1.807, 2.05) is 38.1 Å². The zero-order valence-corrected chi connectivity index (χ0v) is 22.3. The molecule has 2 atom stereocenters. The van der Waals surface area contributed by atoms with Crippen molar-refractivity contribution in [2.24, 2.45) is 0 Å². The van der Waals surface area contributed by atoms with Crippen LogP contribution in [0, 0.1) is 0 Å². The number of likely N-dealkylation sites (tertiary alicyclic amines) is 1. The Morgan fingerprint density at radius 3 is 2.51 bits per heavy atom. The third kappa shape index (κ3) is 5.67. The Morgan fingerprint density at radius 2 is 1.84 bits per heavy atom. The van der Waals surface area contributed by atoms with E-state index < -0.39 is 23.5 Å². The van der Waals surface area contributed by atoms with E-state index in [1.165, 1.54) is 4.90 Å². The van der Waals surface area contributed by atoms with Gasteiger partial charge < -0.3 is 24.4 Å². The SMILES string of the molecule is CCCOc1ccc(C2C(=C([O-])c3ccc4c(c3)CC(C)O4)C(=O)C(=O)N2CCC[NH+](CC)CC)cc1. The first kappa shape index (κ1) is 26.7. The van der Waals surface area contributed by atoms with Crippen molar-refractivity contribution in [3.63, 3.8) is 0 Å². The lowest BCUT2D eigenvalue weighted by atomic mass is 9.94. The Hall–Kier alpha value is -3.32. The zero-order valence-electron chi connectivity index (χ0n) is 22.3. The van der Waals surface area contributed by atoms with E-state index in [9.17, 15) is 14.7 Å². The lowest BCUT2D eigenvalue weighted by Crippen LogP contribution is -3.11. The highest BCUT2D eigenvalue weighted by atomic mass is 16.5. The van der Waals surface area contributed by atoms with E-state index in [4.69, 9.17) is 9.47 Å². The van der Waals surface area contributed by atoms with Gasteiger partial charge in [-0.05, 0) is 68.1 Å². The molecule has 2 unspecified atom stereocenters. The first-order valence-corrected chi connectivity index (χ1v) is 13.5. The number of carbonyl (C=O) groups excluding carboxylic acids is 2. The van der Waals surface area contributed by atoms with Crippen LogP contribution in [-0.4, -0.2) is 55.5 Å². The van der Waals surface area contributed by atoms with Crippen LogP contribution >= 0.6 is 0 Å². The number of nitrogens with zero attached hydrogens (tertiary/aromatic N) is 1. The summed E-state index contributed by atoms with van der Waals surface area (Å²) in [7, 11) is 0. The van der Waals surface area contributed by atoms with Gasteiger partial charge in [0.2, 0.25) is 5.78 Å². The molecule has 2 aromatic rings. The molecule has 1 N–H and O–H groups in total. The van der Waals surface area contributed by atoms with Crippen LogP contribution in [0.3, 0.4) is 0 Å². The normalized spacial score (nSPS) is 20.4. The highest BCUT2D eigenvalue weighted by Crippen LogP contribution is 2.40. The molecule has 1 saturated heterocycles. The minimum Gasteiger partial charge on any atom is -0.872 e. The molecule has 0 saturated carbocycles. The molecule has 2 heterocycles. The van der Waals surface area contributed by atoms with Crippen LogP contribution in [0.1, 0.15) is 63.3 Å². The van der Waals surface area contributed by atoms with E-state index in [-0.39, 0.29) is 11.7 Å². The summed E-state index contributed by atoms with van der Waals surface area (Å²) in [6.07, 6.45) is 2.40. The van der Waals surface area contributed by atoms with Gasteiger partial charge in [0.1, 0.15) is 17.6 Å². The van der Waals surface area contributed by atoms with Crippen molar-refractivity contribution >= 4 is 17.4 Å². The number of amides is 1. The minimum absolute atomic E-state index is 0.0225. The van der Waals surface area contributed by atoms with E-state index in [0.717, 1.165) is 55.1 Å². The maximum atomic E-state index is 13.8. The van der Waals surface area contributed by atoms with Gasteiger partial charge in [0, 0.05) is 25.0 Å². The van der Waals surface area contributed by atoms with Gasteiger partial charge in [0.15, 0.2) is 0 Å². The summed E-state index contributed by atoms with van der Waals surface area (Å²) in [6.45, 7) is 12.2. The fourth-order valence-electron chi connectivity index (χ4n) is 5.24. The van der Waals surface area contributed by atoms with E-state index in [0.29, 0.717) is 25.1 Å². The molecule has 37 heavy (non-hydrogen) atoms. The Bertz CT molecular complexity index is 1150. The predicted molar refractivity (Wildman–Crippen MR) is 140 cm³/mol. The quantitative estimate of drug-likeness (QED) is 0.287. The van der Waals surface area contributed by atoms with Crippen molar-refractivity contribution in [3.8, 4) is 11.5 Å². The standard InChI is InChI=1S/C30H38N2O5/c1-5-17-36-24-12-9-21(10-13-24)27-26(28(33)22-11-14-25-23(19-22)18-20(4)37-25)29(34)30(35)32(27)16-8-15-31(6-2)7-3/h9-14,19-20,27,33H,5-8,15-18H2,1-4H3. The number of quaternary nitrogens is 1. The maximum Gasteiger partial charge on any atom is 0.295 e. The van der Waals surface area contributed by atoms with Crippen molar-refractivity contribution in [1.82, 2.24) is 4.90 Å². The van der Waals surface area contributed by atoms with Crippen LogP contribution in [0.15, 0.2) is 48.0 Å². The minimum atomic E-state index is -0.720. The Labute approximate surface area is 219 Å². The molecule has 0 radical (unpaired) electrons. The number of rotatable bonds is 11. The second-order valence-corrected chi connectivity index (χ2v) is 9.91. The van der Waals surface area contributed by atoms with Gasteiger partial charge in [-0.1, -0.05) is 30.9 Å². The van der Waals surface area contributed by atoms with Gasteiger partial charge in [-0.25, -0.2) is 0 Å². The maximum absolute atomic E-state index is 13.8. The van der Waals surface area contributed by atoms with Gasteiger partial charge in [0.05, 0.1) is 32.3 Å². The number of carbonyl (C=O) groups is 2. The molecule has 1 fully saturated rings. The van der Waals surface area contributed by atoms with Gasteiger partial charge in [-0.3, -0.25) is 9.59 Å². The molecule has 7 heteroatoms. The van der Waals surface area contributed by atoms with Crippen molar-refractivity contribution < 1.29 is 29.1 Å². The average Bonchev–Trinajstić information content (AvgIpc) is 3.40. The van der Waals surface area contributed by atoms with Crippen LogP contribution in [0.5, 0.6) is 11.5 Å². The number of hydrogen-bond donors (Lipinski definition) is 1. The van der Waals surface area contributed by atoms with Crippen molar-refractivity contribution in [2.75, 3.05) is 32.8 Å². The molecule has 0 spiro atoms. The number of ether oxygens (including phenoxy) is 2.